The first kappa shape index (κ1) is 14.8. The van der Waals surface area contributed by atoms with Gasteiger partial charge < -0.3 is 4.90 Å². The maximum absolute atomic E-state index is 11.9. The lowest BCUT2D eigenvalue weighted by atomic mass is 10.1. The second kappa shape index (κ2) is 7.93. The number of carbonyl (C=O) groups excluding carboxylic acids is 1. The lowest BCUT2D eigenvalue weighted by Gasteiger charge is -2.18. The first-order valence-electron chi connectivity index (χ1n) is 6.30. The highest BCUT2D eigenvalue weighted by molar-refractivity contribution is 6.30. The summed E-state index contributed by atoms with van der Waals surface area (Å²) in [7, 11) is 0. The van der Waals surface area contributed by atoms with Crippen molar-refractivity contribution in [3.8, 4) is 0 Å². The fourth-order valence-electron chi connectivity index (χ4n) is 1.82. The number of hydrogen-bond acceptors (Lipinski definition) is 1. The molecule has 0 saturated heterocycles. The molecule has 18 heavy (non-hydrogen) atoms. The van der Waals surface area contributed by atoms with Crippen molar-refractivity contribution in [2.24, 2.45) is 0 Å². The lowest BCUT2D eigenvalue weighted by molar-refractivity contribution is -0.130. The van der Waals surface area contributed by atoms with Gasteiger partial charge in [0.1, 0.15) is 0 Å². The Hall–Kier alpha value is -1.28. The van der Waals surface area contributed by atoms with Crippen LogP contribution in [0.3, 0.4) is 0 Å². The molecule has 0 aliphatic rings. The van der Waals surface area contributed by atoms with Crippen molar-refractivity contribution >= 4 is 17.5 Å². The van der Waals surface area contributed by atoms with E-state index in [0.717, 1.165) is 24.4 Å². The normalized spacial score (nSPS) is 10.1. The highest BCUT2D eigenvalue weighted by atomic mass is 35.5. The molecule has 0 aliphatic heterocycles. The number of aryl methyl sites for hydroxylation is 1. The fraction of sp³-hybridized carbons (Fsp3) is 0.400. The van der Waals surface area contributed by atoms with E-state index >= 15 is 0 Å². The van der Waals surface area contributed by atoms with Crippen molar-refractivity contribution in [1.82, 2.24) is 4.90 Å². The predicted molar refractivity (Wildman–Crippen MR) is 76.8 cm³/mol. The Bertz CT molecular complexity index is 386. The van der Waals surface area contributed by atoms with Crippen molar-refractivity contribution in [3.05, 3.63) is 47.5 Å². The minimum atomic E-state index is 0.200. The van der Waals surface area contributed by atoms with E-state index in [9.17, 15) is 4.79 Å². The second-order valence-electron chi connectivity index (χ2n) is 4.20. The van der Waals surface area contributed by atoms with Crippen LogP contribution in [0.15, 0.2) is 36.9 Å². The van der Waals surface area contributed by atoms with E-state index in [1.807, 2.05) is 36.1 Å². The Morgan fingerprint density at radius 3 is 2.61 bits per heavy atom. The van der Waals surface area contributed by atoms with E-state index in [-0.39, 0.29) is 5.91 Å². The van der Waals surface area contributed by atoms with Gasteiger partial charge >= 0.3 is 0 Å². The largest absolute Gasteiger partial charge is 0.339 e. The van der Waals surface area contributed by atoms with Gasteiger partial charge in [0.05, 0.1) is 0 Å². The molecule has 0 atom stereocenters. The van der Waals surface area contributed by atoms with Crippen molar-refractivity contribution in [2.45, 2.75) is 26.2 Å². The number of nitrogens with zero attached hydrogens (tertiary/aromatic N) is 1. The van der Waals surface area contributed by atoms with Gasteiger partial charge in [-0.3, -0.25) is 4.79 Å². The van der Waals surface area contributed by atoms with Gasteiger partial charge in [-0.25, -0.2) is 0 Å². The van der Waals surface area contributed by atoms with Crippen LogP contribution in [-0.4, -0.2) is 23.9 Å². The predicted octanol–water partition coefficient (Wildman–Crippen LogP) is 3.70. The van der Waals surface area contributed by atoms with Gasteiger partial charge in [-0.2, -0.15) is 0 Å². The molecule has 0 spiro atoms. The highest BCUT2D eigenvalue weighted by Gasteiger charge is 2.09. The Labute approximate surface area is 114 Å². The van der Waals surface area contributed by atoms with Gasteiger partial charge in [0.2, 0.25) is 5.91 Å². The third kappa shape index (κ3) is 4.92. The number of hydrogen-bond donors (Lipinski definition) is 0. The third-order valence-electron chi connectivity index (χ3n) is 2.85. The first-order chi connectivity index (χ1) is 8.67. The standard InChI is InChI=1S/C15H20ClNO/c1-3-12-17(4-2)15(18)7-5-6-13-8-10-14(16)11-9-13/h3,8-11H,1,4-7,12H2,2H3. The van der Waals surface area contributed by atoms with Crippen LogP contribution in [0.25, 0.3) is 0 Å². The summed E-state index contributed by atoms with van der Waals surface area (Å²) in [4.78, 5) is 13.7. The average Bonchev–Trinajstić information content (AvgIpc) is 2.38. The van der Waals surface area contributed by atoms with Crippen molar-refractivity contribution in [1.29, 1.82) is 0 Å². The average molecular weight is 266 g/mol. The zero-order valence-electron chi connectivity index (χ0n) is 10.9. The Balaban J connectivity index is 2.34. The summed E-state index contributed by atoms with van der Waals surface area (Å²) in [5, 5.41) is 0.748. The van der Waals surface area contributed by atoms with Gasteiger partial charge in [-0.1, -0.05) is 29.8 Å². The number of rotatable bonds is 7. The van der Waals surface area contributed by atoms with Crippen molar-refractivity contribution in [3.63, 3.8) is 0 Å². The molecular weight excluding hydrogens is 246 g/mol. The van der Waals surface area contributed by atoms with Crippen molar-refractivity contribution < 1.29 is 4.79 Å². The van der Waals surface area contributed by atoms with Gasteiger partial charge in [0.25, 0.3) is 0 Å². The summed E-state index contributed by atoms with van der Waals surface area (Å²) in [6, 6.07) is 7.78. The van der Waals surface area contributed by atoms with Crippen LogP contribution in [0.2, 0.25) is 5.02 Å². The molecule has 1 rings (SSSR count). The van der Waals surface area contributed by atoms with Crippen molar-refractivity contribution in [2.75, 3.05) is 13.1 Å². The summed E-state index contributed by atoms with van der Waals surface area (Å²) in [5.41, 5.74) is 1.22. The molecule has 0 saturated carbocycles. The van der Waals surface area contributed by atoms with Crippen LogP contribution in [0, 0.1) is 0 Å². The summed E-state index contributed by atoms with van der Waals surface area (Å²) in [5.74, 6) is 0.200. The lowest BCUT2D eigenvalue weighted by Crippen LogP contribution is -2.30. The number of halogens is 1. The number of likely N-dealkylation sites (N-methyl/N-ethyl adjacent to an activating group) is 1. The summed E-state index contributed by atoms with van der Waals surface area (Å²) >= 11 is 5.82. The fourth-order valence-corrected chi connectivity index (χ4v) is 1.94. The van der Waals surface area contributed by atoms with Gasteiger partial charge in [0.15, 0.2) is 0 Å². The summed E-state index contributed by atoms with van der Waals surface area (Å²) in [6.45, 7) is 7.02. The topological polar surface area (TPSA) is 20.3 Å². The Morgan fingerprint density at radius 1 is 1.39 bits per heavy atom. The molecule has 3 heteroatoms. The minimum Gasteiger partial charge on any atom is -0.339 e. The van der Waals surface area contributed by atoms with Crippen LogP contribution in [0.5, 0.6) is 0 Å². The molecule has 2 nitrogen and oxygen atoms in total. The monoisotopic (exact) mass is 265 g/mol. The quantitative estimate of drug-likeness (QED) is 0.689. The van der Waals surface area contributed by atoms with Crippen LogP contribution < -0.4 is 0 Å². The van der Waals surface area contributed by atoms with Crippen LogP contribution in [-0.2, 0) is 11.2 Å². The van der Waals surface area contributed by atoms with Gasteiger partial charge in [-0.05, 0) is 37.5 Å². The Kier molecular flexibility index (Phi) is 6.51. The molecule has 1 amide bonds. The molecule has 0 aliphatic carbocycles. The molecule has 1 aromatic carbocycles. The molecular formula is C15H20ClNO. The van der Waals surface area contributed by atoms with Crippen LogP contribution >= 0.6 is 11.6 Å². The van der Waals surface area contributed by atoms with Crippen LogP contribution in [0.1, 0.15) is 25.3 Å². The molecule has 0 unspecified atom stereocenters. The molecule has 0 aromatic heterocycles. The highest BCUT2D eigenvalue weighted by Crippen LogP contribution is 2.12. The van der Waals surface area contributed by atoms with E-state index in [1.54, 1.807) is 6.08 Å². The molecule has 0 N–H and O–H groups in total. The molecule has 0 fully saturated rings. The molecule has 1 aromatic rings. The van der Waals surface area contributed by atoms with Crippen LogP contribution in [0.4, 0.5) is 0 Å². The number of carbonyl (C=O) groups is 1. The molecule has 0 radical (unpaired) electrons. The smallest absolute Gasteiger partial charge is 0.222 e. The van der Waals surface area contributed by atoms with E-state index in [2.05, 4.69) is 6.58 Å². The van der Waals surface area contributed by atoms with E-state index in [1.165, 1.54) is 5.56 Å². The number of amides is 1. The zero-order chi connectivity index (χ0) is 13.4. The zero-order valence-corrected chi connectivity index (χ0v) is 11.6. The first-order valence-corrected chi connectivity index (χ1v) is 6.68. The third-order valence-corrected chi connectivity index (χ3v) is 3.11. The number of benzene rings is 1. The molecule has 0 heterocycles. The SMILES string of the molecule is C=CCN(CC)C(=O)CCCc1ccc(Cl)cc1. The summed E-state index contributed by atoms with van der Waals surface area (Å²) in [6.07, 6.45) is 4.13. The van der Waals surface area contributed by atoms with E-state index in [0.29, 0.717) is 13.0 Å². The Morgan fingerprint density at radius 2 is 2.06 bits per heavy atom. The maximum atomic E-state index is 11.9. The van der Waals surface area contributed by atoms with Gasteiger partial charge in [-0.15, -0.1) is 6.58 Å². The maximum Gasteiger partial charge on any atom is 0.222 e. The van der Waals surface area contributed by atoms with Gasteiger partial charge in [0, 0.05) is 24.5 Å². The second-order valence-corrected chi connectivity index (χ2v) is 4.64. The molecule has 98 valence electrons. The molecule has 0 bridgehead atoms. The minimum absolute atomic E-state index is 0.200. The van der Waals surface area contributed by atoms with E-state index < -0.39 is 0 Å². The summed E-state index contributed by atoms with van der Waals surface area (Å²) < 4.78 is 0. The van der Waals surface area contributed by atoms with E-state index in [4.69, 9.17) is 11.6 Å².